The molecule has 0 radical (unpaired) electrons. The summed E-state index contributed by atoms with van der Waals surface area (Å²) in [6, 6.07) is 0. The summed E-state index contributed by atoms with van der Waals surface area (Å²) in [4.78, 5) is 0. The van der Waals surface area contributed by atoms with E-state index in [0.29, 0.717) is 0 Å². The Morgan fingerprint density at radius 1 is 1.25 bits per heavy atom. The fourth-order valence-electron chi connectivity index (χ4n) is 0. The Morgan fingerprint density at radius 3 is 1.25 bits per heavy atom. The molecule has 0 aromatic heterocycles. The SMILES string of the molecule is CCl.[Cl-].[Na+]. The van der Waals surface area contributed by atoms with Crippen LogP contribution in [0.15, 0.2) is 0 Å². The summed E-state index contributed by atoms with van der Waals surface area (Å²) in [5.41, 5.74) is 0. The number of hydrogen-bond donors (Lipinski definition) is 0. The number of hydrogen-bond acceptors (Lipinski definition) is 0. The van der Waals surface area contributed by atoms with E-state index in [1.165, 1.54) is 6.38 Å². The molecular weight excluding hydrogens is 106 g/mol. The van der Waals surface area contributed by atoms with E-state index in [9.17, 15) is 0 Å². The van der Waals surface area contributed by atoms with Crippen molar-refractivity contribution in [1.82, 2.24) is 0 Å². The van der Waals surface area contributed by atoms with Gasteiger partial charge < -0.3 is 12.4 Å². The van der Waals surface area contributed by atoms with E-state index >= 15 is 0 Å². The molecule has 0 aliphatic heterocycles. The van der Waals surface area contributed by atoms with Crippen LogP contribution in [0.3, 0.4) is 0 Å². The maximum Gasteiger partial charge on any atom is 1.00 e. The predicted molar refractivity (Wildman–Crippen MR) is 11.8 cm³/mol. The van der Waals surface area contributed by atoms with Gasteiger partial charge in [0, 0.05) is 6.38 Å². The fraction of sp³-hybridized carbons (Fsp3) is 1.00. The first-order valence-electron chi connectivity index (χ1n) is 0.378. The van der Waals surface area contributed by atoms with Crippen molar-refractivity contribution in [1.29, 1.82) is 0 Å². The van der Waals surface area contributed by atoms with E-state index in [1.807, 2.05) is 0 Å². The molecule has 0 aromatic carbocycles. The molecule has 0 rings (SSSR count). The maximum absolute atomic E-state index is 4.64. The minimum absolute atomic E-state index is 0. The molecule has 0 saturated carbocycles. The normalized spacial score (nSPS) is 1.50. The maximum atomic E-state index is 4.64. The second-order valence-electron chi connectivity index (χ2n) is 0. The van der Waals surface area contributed by atoms with E-state index in [4.69, 9.17) is 0 Å². The molecule has 0 N–H and O–H groups in total. The van der Waals surface area contributed by atoms with Crippen LogP contribution in [-0.4, -0.2) is 6.38 Å². The average molecular weight is 109 g/mol. The third-order valence-corrected chi connectivity index (χ3v) is 0. The van der Waals surface area contributed by atoms with Gasteiger partial charge in [0.05, 0.1) is 0 Å². The smallest absolute Gasteiger partial charge is 1.00 e. The second kappa shape index (κ2) is 23.5. The molecule has 3 heteroatoms. The molecule has 0 fully saturated rings. The molecule has 0 aromatic rings. The van der Waals surface area contributed by atoms with Crippen molar-refractivity contribution >= 4 is 11.6 Å². The van der Waals surface area contributed by atoms with Gasteiger partial charge in [0.1, 0.15) is 0 Å². The molecular formula is CH3Cl2Na. The molecule has 0 saturated heterocycles. The Bertz CT molecular complexity index is 6.00. The fourth-order valence-corrected chi connectivity index (χ4v) is 0. The Hall–Kier alpha value is 1.58. The Labute approximate surface area is 59.6 Å². The van der Waals surface area contributed by atoms with E-state index < -0.39 is 0 Å². The summed E-state index contributed by atoms with van der Waals surface area (Å²) < 4.78 is 0. The van der Waals surface area contributed by atoms with Gasteiger partial charge >= 0.3 is 29.6 Å². The molecule has 0 amide bonds. The summed E-state index contributed by atoms with van der Waals surface area (Å²) in [5, 5.41) is 0. The largest absolute Gasteiger partial charge is 1.00 e. The quantitative estimate of drug-likeness (QED) is 0.215. The van der Waals surface area contributed by atoms with Gasteiger partial charge in [0.2, 0.25) is 0 Å². The summed E-state index contributed by atoms with van der Waals surface area (Å²) >= 11 is 4.64. The monoisotopic (exact) mass is 108 g/mol. The molecule has 0 nitrogen and oxygen atoms in total. The standard InChI is InChI=1S/CH3Cl.ClH.Na/c1-2;;/h1H3;1H;/q;;+1/p-1. The molecule has 0 unspecified atom stereocenters. The van der Waals surface area contributed by atoms with Crippen LogP contribution in [0.5, 0.6) is 0 Å². The van der Waals surface area contributed by atoms with Gasteiger partial charge in [-0.25, -0.2) is 0 Å². The zero-order valence-electron chi connectivity index (χ0n) is 2.76. The minimum Gasteiger partial charge on any atom is -1.00 e. The van der Waals surface area contributed by atoms with Crippen molar-refractivity contribution in [2.75, 3.05) is 6.38 Å². The van der Waals surface area contributed by atoms with Gasteiger partial charge in [-0.1, -0.05) is 0 Å². The molecule has 0 spiro atoms. The van der Waals surface area contributed by atoms with Gasteiger partial charge in [-0.05, 0) is 0 Å². The molecule has 22 valence electrons. The van der Waals surface area contributed by atoms with Crippen molar-refractivity contribution in [3.63, 3.8) is 0 Å². The minimum atomic E-state index is 0. The third-order valence-electron chi connectivity index (χ3n) is 0. The Morgan fingerprint density at radius 2 is 1.25 bits per heavy atom. The van der Waals surface area contributed by atoms with Crippen LogP contribution in [0.1, 0.15) is 0 Å². The van der Waals surface area contributed by atoms with Crippen molar-refractivity contribution in [2.24, 2.45) is 0 Å². The van der Waals surface area contributed by atoms with Crippen LogP contribution in [-0.2, 0) is 0 Å². The van der Waals surface area contributed by atoms with Crippen LogP contribution in [0.4, 0.5) is 0 Å². The van der Waals surface area contributed by atoms with Crippen LogP contribution in [0.2, 0.25) is 0 Å². The van der Waals surface area contributed by atoms with Crippen LogP contribution in [0, 0.1) is 0 Å². The molecule has 0 bridgehead atoms. The summed E-state index contributed by atoms with van der Waals surface area (Å²) in [7, 11) is 0. The van der Waals surface area contributed by atoms with Gasteiger partial charge in [-0.2, -0.15) is 0 Å². The molecule has 0 atom stereocenters. The first-order valence-corrected chi connectivity index (χ1v) is 1.13. The van der Waals surface area contributed by atoms with Crippen molar-refractivity contribution < 1.29 is 42.0 Å². The number of halogens is 2. The third kappa shape index (κ3) is 9.55. The first kappa shape index (κ1) is 17.6. The van der Waals surface area contributed by atoms with Crippen molar-refractivity contribution in [3.8, 4) is 0 Å². The van der Waals surface area contributed by atoms with E-state index in [-0.39, 0.29) is 42.0 Å². The first-order chi connectivity index (χ1) is 1.00. The van der Waals surface area contributed by atoms with Gasteiger partial charge in [-0.3, -0.25) is 0 Å². The Kier molecular flexibility index (Phi) is 103. The topological polar surface area (TPSA) is 0 Å². The Balaban J connectivity index is -0.00000000500. The van der Waals surface area contributed by atoms with Crippen LogP contribution in [0.25, 0.3) is 0 Å². The number of rotatable bonds is 0. The van der Waals surface area contributed by atoms with Crippen molar-refractivity contribution in [2.45, 2.75) is 0 Å². The van der Waals surface area contributed by atoms with Gasteiger partial charge in [0.15, 0.2) is 0 Å². The molecule has 0 aliphatic rings. The molecule has 0 heterocycles. The van der Waals surface area contributed by atoms with E-state index in [0.717, 1.165) is 0 Å². The van der Waals surface area contributed by atoms with Crippen LogP contribution < -0.4 is 42.0 Å². The molecule has 0 aliphatic carbocycles. The van der Waals surface area contributed by atoms with Crippen LogP contribution >= 0.6 is 11.6 Å². The summed E-state index contributed by atoms with van der Waals surface area (Å²) in [5.74, 6) is 0. The second-order valence-corrected chi connectivity index (χ2v) is 0. The predicted octanol–water partition coefficient (Wildman–Crippen LogP) is -5.14. The zero-order chi connectivity index (χ0) is 2.00. The van der Waals surface area contributed by atoms with E-state index in [2.05, 4.69) is 11.6 Å². The summed E-state index contributed by atoms with van der Waals surface area (Å²) in [6.07, 6.45) is 1.47. The number of alkyl halides is 1. The molecule has 4 heavy (non-hydrogen) atoms. The average Bonchev–Trinajstić information content (AvgIpc) is 1.00. The summed E-state index contributed by atoms with van der Waals surface area (Å²) in [6.45, 7) is 0. The van der Waals surface area contributed by atoms with Gasteiger partial charge in [-0.15, -0.1) is 11.6 Å². The van der Waals surface area contributed by atoms with E-state index in [1.54, 1.807) is 0 Å². The van der Waals surface area contributed by atoms with Crippen molar-refractivity contribution in [3.05, 3.63) is 0 Å². The zero-order valence-corrected chi connectivity index (χ0v) is 6.27. The van der Waals surface area contributed by atoms with Gasteiger partial charge in [0.25, 0.3) is 0 Å².